The number of hydrogen-bond donors (Lipinski definition) is 1. The van der Waals surface area contributed by atoms with Crippen LogP contribution in [-0.2, 0) is 16.0 Å². The van der Waals surface area contributed by atoms with E-state index in [0.29, 0.717) is 18.7 Å². The lowest BCUT2D eigenvalue weighted by Crippen LogP contribution is -2.23. The smallest absolute Gasteiger partial charge is 0.406 e. The number of anilines is 2. The van der Waals surface area contributed by atoms with E-state index in [9.17, 15) is 22.8 Å². The van der Waals surface area contributed by atoms with Gasteiger partial charge in [-0.05, 0) is 48.4 Å². The molecule has 142 valence electrons. The molecule has 1 aliphatic rings. The van der Waals surface area contributed by atoms with Crippen LogP contribution in [0.2, 0.25) is 0 Å². The Bertz CT molecular complexity index is 818. The highest BCUT2D eigenvalue weighted by molar-refractivity contribution is 5.95. The number of carbonyl (C=O) groups is 2. The molecule has 2 aromatic rings. The van der Waals surface area contributed by atoms with Crippen LogP contribution in [0.3, 0.4) is 0 Å². The number of benzene rings is 2. The van der Waals surface area contributed by atoms with Gasteiger partial charge < -0.3 is 15.0 Å². The fraction of sp³-hybridized carbons (Fsp3) is 0.263. The van der Waals surface area contributed by atoms with E-state index in [0.717, 1.165) is 29.8 Å². The van der Waals surface area contributed by atoms with Crippen LogP contribution in [0.4, 0.5) is 24.5 Å². The Labute approximate surface area is 153 Å². The maximum Gasteiger partial charge on any atom is 0.573 e. The minimum atomic E-state index is -4.75. The first-order chi connectivity index (χ1) is 12.8. The van der Waals surface area contributed by atoms with Crippen LogP contribution < -0.4 is 15.0 Å². The number of carbonyl (C=O) groups excluding carboxylic acids is 2. The highest BCUT2D eigenvalue weighted by Gasteiger charge is 2.31. The Morgan fingerprint density at radius 2 is 1.74 bits per heavy atom. The number of alkyl halides is 3. The average molecular weight is 378 g/mol. The molecule has 1 N–H and O–H groups in total. The molecule has 0 saturated carbocycles. The van der Waals surface area contributed by atoms with E-state index in [-0.39, 0.29) is 24.0 Å². The average Bonchev–Trinajstić information content (AvgIpc) is 3.02. The van der Waals surface area contributed by atoms with Crippen molar-refractivity contribution in [2.75, 3.05) is 16.8 Å². The zero-order chi connectivity index (χ0) is 19.4. The largest absolute Gasteiger partial charge is 0.573 e. The maximum atomic E-state index is 12.1. The second-order valence-electron chi connectivity index (χ2n) is 6.11. The van der Waals surface area contributed by atoms with Gasteiger partial charge in [-0.3, -0.25) is 9.59 Å². The second-order valence-corrected chi connectivity index (χ2v) is 6.11. The van der Waals surface area contributed by atoms with Crippen molar-refractivity contribution in [3.63, 3.8) is 0 Å². The summed E-state index contributed by atoms with van der Waals surface area (Å²) in [6, 6.07) is 12.1. The molecule has 1 saturated heterocycles. The van der Waals surface area contributed by atoms with Crippen molar-refractivity contribution in [3.8, 4) is 5.75 Å². The van der Waals surface area contributed by atoms with Crippen molar-refractivity contribution < 1.29 is 27.5 Å². The number of rotatable bonds is 5. The van der Waals surface area contributed by atoms with Crippen LogP contribution >= 0.6 is 0 Å². The number of nitrogens with one attached hydrogen (secondary N) is 1. The van der Waals surface area contributed by atoms with Crippen LogP contribution in [0.1, 0.15) is 18.4 Å². The molecule has 0 radical (unpaired) electrons. The van der Waals surface area contributed by atoms with Gasteiger partial charge in [0.1, 0.15) is 5.75 Å². The molecule has 0 unspecified atom stereocenters. The second kappa shape index (κ2) is 7.69. The van der Waals surface area contributed by atoms with Gasteiger partial charge in [0.25, 0.3) is 0 Å². The van der Waals surface area contributed by atoms with Gasteiger partial charge >= 0.3 is 6.36 Å². The fourth-order valence-electron chi connectivity index (χ4n) is 2.85. The van der Waals surface area contributed by atoms with Crippen LogP contribution in [0.15, 0.2) is 48.5 Å². The molecule has 5 nitrogen and oxygen atoms in total. The van der Waals surface area contributed by atoms with Gasteiger partial charge in [-0.2, -0.15) is 0 Å². The zero-order valence-corrected chi connectivity index (χ0v) is 14.3. The van der Waals surface area contributed by atoms with Gasteiger partial charge in [0.15, 0.2) is 0 Å². The Hall–Kier alpha value is -3.03. The summed E-state index contributed by atoms with van der Waals surface area (Å²) in [7, 11) is 0. The molecule has 0 spiro atoms. The number of ether oxygens (including phenoxy) is 1. The molecule has 1 heterocycles. The van der Waals surface area contributed by atoms with E-state index in [1.807, 2.05) is 0 Å². The first-order valence-corrected chi connectivity index (χ1v) is 8.35. The van der Waals surface area contributed by atoms with Crippen molar-refractivity contribution in [3.05, 3.63) is 54.1 Å². The molecule has 27 heavy (non-hydrogen) atoms. The summed E-state index contributed by atoms with van der Waals surface area (Å²) in [6.07, 6.45) is -3.25. The minimum Gasteiger partial charge on any atom is -0.406 e. The standard InChI is InChI=1S/C19H17F3N2O3/c20-19(21,22)27-16-9-5-14(6-10-16)23-17(25)12-13-3-7-15(8-4-13)24-11-1-2-18(24)26/h3-10H,1-2,11-12H2,(H,23,25). The topological polar surface area (TPSA) is 58.6 Å². The Morgan fingerprint density at radius 1 is 1.07 bits per heavy atom. The molecule has 0 aliphatic carbocycles. The number of halogens is 3. The fourth-order valence-corrected chi connectivity index (χ4v) is 2.85. The van der Waals surface area contributed by atoms with E-state index >= 15 is 0 Å². The first kappa shape index (κ1) is 18.8. The minimum absolute atomic E-state index is 0.0958. The third-order valence-corrected chi connectivity index (χ3v) is 4.06. The number of amides is 2. The molecular formula is C19H17F3N2O3. The summed E-state index contributed by atoms with van der Waals surface area (Å²) in [5.74, 6) is -0.560. The first-order valence-electron chi connectivity index (χ1n) is 8.35. The van der Waals surface area contributed by atoms with Gasteiger partial charge in [0.05, 0.1) is 6.42 Å². The lowest BCUT2D eigenvalue weighted by atomic mass is 10.1. The van der Waals surface area contributed by atoms with Gasteiger partial charge in [0, 0.05) is 24.3 Å². The van der Waals surface area contributed by atoms with E-state index in [2.05, 4.69) is 10.1 Å². The normalized spacial score (nSPS) is 14.3. The molecule has 1 aliphatic heterocycles. The van der Waals surface area contributed by atoms with E-state index in [4.69, 9.17) is 0 Å². The maximum absolute atomic E-state index is 12.1. The summed E-state index contributed by atoms with van der Waals surface area (Å²) < 4.78 is 40.2. The summed E-state index contributed by atoms with van der Waals surface area (Å²) in [5.41, 5.74) is 1.94. The monoisotopic (exact) mass is 378 g/mol. The number of hydrogen-bond acceptors (Lipinski definition) is 3. The molecule has 0 atom stereocenters. The lowest BCUT2D eigenvalue weighted by Gasteiger charge is -2.16. The molecule has 3 rings (SSSR count). The highest BCUT2D eigenvalue weighted by Crippen LogP contribution is 2.24. The molecule has 2 aromatic carbocycles. The van der Waals surface area contributed by atoms with Crippen LogP contribution in [0, 0.1) is 0 Å². The van der Waals surface area contributed by atoms with E-state index in [1.54, 1.807) is 29.2 Å². The summed E-state index contributed by atoms with van der Waals surface area (Å²) in [5, 5.41) is 2.62. The van der Waals surface area contributed by atoms with Crippen LogP contribution in [0.5, 0.6) is 5.75 Å². The van der Waals surface area contributed by atoms with E-state index in [1.165, 1.54) is 12.1 Å². The van der Waals surface area contributed by atoms with Crippen molar-refractivity contribution >= 4 is 23.2 Å². The highest BCUT2D eigenvalue weighted by atomic mass is 19.4. The van der Waals surface area contributed by atoms with Crippen molar-refractivity contribution in [2.45, 2.75) is 25.6 Å². The van der Waals surface area contributed by atoms with Crippen LogP contribution in [0.25, 0.3) is 0 Å². The van der Waals surface area contributed by atoms with Crippen molar-refractivity contribution in [2.24, 2.45) is 0 Å². The zero-order valence-electron chi connectivity index (χ0n) is 14.3. The van der Waals surface area contributed by atoms with Gasteiger partial charge in [-0.25, -0.2) is 0 Å². The third-order valence-electron chi connectivity index (χ3n) is 4.06. The molecular weight excluding hydrogens is 361 g/mol. The Morgan fingerprint density at radius 3 is 2.30 bits per heavy atom. The van der Waals surface area contributed by atoms with Crippen LogP contribution in [-0.4, -0.2) is 24.7 Å². The predicted molar refractivity (Wildman–Crippen MR) is 93.5 cm³/mol. The van der Waals surface area contributed by atoms with Gasteiger partial charge in [-0.15, -0.1) is 13.2 Å². The van der Waals surface area contributed by atoms with Crippen molar-refractivity contribution in [1.82, 2.24) is 0 Å². The summed E-state index contributed by atoms with van der Waals surface area (Å²) in [4.78, 5) is 25.6. The molecule has 0 aromatic heterocycles. The molecule has 8 heteroatoms. The van der Waals surface area contributed by atoms with Gasteiger partial charge in [0.2, 0.25) is 11.8 Å². The summed E-state index contributed by atoms with van der Waals surface area (Å²) in [6.45, 7) is 0.701. The van der Waals surface area contributed by atoms with Crippen molar-refractivity contribution in [1.29, 1.82) is 0 Å². The Kier molecular flexibility index (Phi) is 5.34. The summed E-state index contributed by atoms with van der Waals surface area (Å²) >= 11 is 0. The van der Waals surface area contributed by atoms with Gasteiger partial charge in [-0.1, -0.05) is 12.1 Å². The lowest BCUT2D eigenvalue weighted by molar-refractivity contribution is -0.274. The third kappa shape index (κ3) is 5.22. The SMILES string of the molecule is O=C(Cc1ccc(N2CCCC2=O)cc1)Nc1ccc(OC(F)(F)F)cc1. The predicted octanol–water partition coefficient (Wildman–Crippen LogP) is 3.89. The molecule has 1 fully saturated rings. The quantitative estimate of drug-likeness (QED) is 0.859. The van der Waals surface area contributed by atoms with E-state index < -0.39 is 6.36 Å². The molecule has 0 bridgehead atoms. The number of nitrogens with zero attached hydrogens (tertiary/aromatic N) is 1. The Balaban J connectivity index is 1.55. The molecule has 2 amide bonds.